The highest BCUT2D eigenvalue weighted by atomic mass is 16.3. The van der Waals surface area contributed by atoms with Gasteiger partial charge in [-0.05, 0) is 26.2 Å². The van der Waals surface area contributed by atoms with E-state index in [1.54, 1.807) is 0 Å². The Morgan fingerprint density at radius 1 is 1.14 bits per heavy atom. The van der Waals surface area contributed by atoms with Gasteiger partial charge in [-0.15, -0.1) is 0 Å². The molecule has 4 heteroatoms. The van der Waals surface area contributed by atoms with Crippen LogP contribution in [0.5, 0.6) is 0 Å². The van der Waals surface area contributed by atoms with Crippen molar-refractivity contribution in [2.45, 2.75) is 45.4 Å². The molecule has 0 atom stereocenters. The van der Waals surface area contributed by atoms with Gasteiger partial charge in [-0.2, -0.15) is 0 Å². The maximum Gasteiger partial charge on any atom is 0.222 e. The third-order valence-electron chi connectivity index (χ3n) is 3.92. The van der Waals surface area contributed by atoms with Crippen LogP contribution >= 0.6 is 0 Å². The van der Waals surface area contributed by atoms with Crippen LogP contribution in [0.3, 0.4) is 0 Å². The van der Waals surface area contributed by atoms with Crippen LogP contribution in [-0.4, -0.2) is 67.8 Å². The maximum absolute atomic E-state index is 12.0. The molecule has 1 amide bonds. The van der Waals surface area contributed by atoms with Crippen molar-refractivity contribution in [3.05, 3.63) is 12.2 Å². The number of amides is 1. The molecule has 21 heavy (non-hydrogen) atoms. The Bertz CT molecular complexity index is 301. The summed E-state index contributed by atoms with van der Waals surface area (Å²) in [7, 11) is 6.05. The molecule has 0 aromatic carbocycles. The molecule has 0 saturated carbocycles. The van der Waals surface area contributed by atoms with E-state index in [0.717, 1.165) is 43.4 Å². The molecule has 0 rings (SSSR count). The Balaban J connectivity index is 3.71. The Kier molecular flexibility index (Phi) is 11.3. The van der Waals surface area contributed by atoms with Gasteiger partial charge in [0.1, 0.15) is 6.54 Å². The highest BCUT2D eigenvalue weighted by Gasteiger charge is 2.16. The molecule has 0 aliphatic carbocycles. The van der Waals surface area contributed by atoms with E-state index in [4.69, 9.17) is 5.11 Å². The molecule has 0 spiro atoms. The van der Waals surface area contributed by atoms with E-state index in [1.165, 1.54) is 12.8 Å². The molecule has 0 aliphatic rings. The lowest BCUT2D eigenvalue weighted by molar-refractivity contribution is -0.890. The van der Waals surface area contributed by atoms with Crippen molar-refractivity contribution in [2.24, 2.45) is 0 Å². The summed E-state index contributed by atoms with van der Waals surface area (Å²) < 4.78 is 0.749. The lowest BCUT2D eigenvalue weighted by Crippen LogP contribution is -2.47. The normalized spacial score (nSPS) is 12.0. The molecule has 124 valence electrons. The summed E-state index contributed by atoms with van der Waals surface area (Å²) in [5, 5.41) is 9.00. The van der Waals surface area contributed by atoms with E-state index in [-0.39, 0.29) is 12.5 Å². The van der Waals surface area contributed by atoms with Crippen molar-refractivity contribution in [3.8, 4) is 0 Å². The second kappa shape index (κ2) is 11.8. The largest absolute Gasteiger partial charge is 0.391 e. The Labute approximate surface area is 131 Å². The number of rotatable bonds is 12. The van der Waals surface area contributed by atoms with E-state index in [1.807, 2.05) is 11.9 Å². The summed E-state index contributed by atoms with van der Waals surface area (Å²) in [6.07, 6.45) is 10.7. The van der Waals surface area contributed by atoms with Gasteiger partial charge in [0.15, 0.2) is 0 Å². The van der Waals surface area contributed by atoms with Crippen LogP contribution in [0.25, 0.3) is 0 Å². The number of allylic oxidation sites excluding steroid dienone is 2. The van der Waals surface area contributed by atoms with Crippen molar-refractivity contribution < 1.29 is 14.4 Å². The topological polar surface area (TPSA) is 40.5 Å². The Hall–Kier alpha value is -0.870. The van der Waals surface area contributed by atoms with Crippen molar-refractivity contribution in [1.82, 2.24) is 4.90 Å². The van der Waals surface area contributed by atoms with Crippen LogP contribution < -0.4 is 0 Å². The Morgan fingerprint density at radius 3 is 2.43 bits per heavy atom. The van der Waals surface area contributed by atoms with Gasteiger partial charge in [-0.3, -0.25) is 4.79 Å². The smallest absolute Gasteiger partial charge is 0.222 e. The maximum atomic E-state index is 12.0. The van der Waals surface area contributed by atoms with Gasteiger partial charge in [-0.1, -0.05) is 25.0 Å². The van der Waals surface area contributed by atoms with Gasteiger partial charge < -0.3 is 14.5 Å². The number of likely N-dealkylation sites (N-methyl/N-ethyl adjacent to an activating group) is 2. The highest BCUT2D eigenvalue weighted by Crippen LogP contribution is 2.07. The molecule has 0 radical (unpaired) electrons. The minimum absolute atomic E-state index is 0.192. The van der Waals surface area contributed by atoms with Crippen LogP contribution in [0.2, 0.25) is 0 Å². The number of nitrogens with zero attached hydrogens (tertiary/aromatic N) is 2. The highest BCUT2D eigenvalue weighted by molar-refractivity contribution is 5.75. The van der Waals surface area contributed by atoms with E-state index in [9.17, 15) is 4.79 Å². The van der Waals surface area contributed by atoms with Crippen LogP contribution in [0.15, 0.2) is 12.2 Å². The third kappa shape index (κ3) is 11.5. The number of carbonyl (C=O) groups is 1. The fourth-order valence-electron chi connectivity index (χ4n) is 2.18. The molecule has 1 N–H and O–H groups in total. The van der Waals surface area contributed by atoms with Crippen molar-refractivity contribution in [3.63, 3.8) is 0 Å². The summed E-state index contributed by atoms with van der Waals surface area (Å²) in [6.45, 7) is 4.61. The van der Waals surface area contributed by atoms with E-state index in [0.29, 0.717) is 6.42 Å². The van der Waals surface area contributed by atoms with Gasteiger partial charge in [0.25, 0.3) is 0 Å². The van der Waals surface area contributed by atoms with Gasteiger partial charge in [0, 0.05) is 13.5 Å². The van der Waals surface area contributed by atoms with Crippen molar-refractivity contribution >= 4 is 5.91 Å². The molecule has 0 aromatic rings. The monoisotopic (exact) mass is 299 g/mol. The van der Waals surface area contributed by atoms with Gasteiger partial charge in [0.05, 0.1) is 33.8 Å². The first-order valence-electron chi connectivity index (χ1n) is 8.21. The lowest BCUT2D eigenvalue weighted by Gasteiger charge is -2.31. The van der Waals surface area contributed by atoms with Crippen LogP contribution in [0, 0.1) is 0 Å². The first-order valence-corrected chi connectivity index (χ1v) is 8.21. The molecule has 0 heterocycles. The summed E-state index contributed by atoms with van der Waals surface area (Å²) in [5.74, 6) is 0.243. The van der Waals surface area contributed by atoms with Gasteiger partial charge in [0.2, 0.25) is 5.91 Å². The molecule has 4 nitrogen and oxygen atoms in total. The summed E-state index contributed by atoms with van der Waals surface area (Å²) in [5.41, 5.74) is 0. The van der Waals surface area contributed by atoms with Crippen molar-refractivity contribution in [2.75, 3.05) is 47.4 Å². The average Bonchev–Trinajstić information content (AvgIpc) is 2.43. The molecule has 0 bridgehead atoms. The number of quaternary nitrogens is 1. The number of aliphatic hydroxyl groups excluding tert-OH is 1. The minimum Gasteiger partial charge on any atom is -0.391 e. The molecular weight excluding hydrogens is 264 g/mol. The van der Waals surface area contributed by atoms with Crippen LogP contribution in [0.4, 0.5) is 0 Å². The molecule has 0 fully saturated rings. The number of aliphatic hydroxyl groups is 1. The summed E-state index contributed by atoms with van der Waals surface area (Å²) in [4.78, 5) is 13.8. The predicted molar refractivity (Wildman–Crippen MR) is 89.1 cm³/mol. The van der Waals surface area contributed by atoms with E-state index in [2.05, 4.69) is 33.2 Å². The zero-order valence-corrected chi connectivity index (χ0v) is 14.5. The second-order valence-electron chi connectivity index (χ2n) is 6.44. The minimum atomic E-state index is 0.192. The van der Waals surface area contributed by atoms with Crippen molar-refractivity contribution in [1.29, 1.82) is 0 Å². The number of hydrogen-bond acceptors (Lipinski definition) is 2. The molecule has 0 unspecified atom stereocenters. The molecular formula is C17H35N2O2+. The van der Waals surface area contributed by atoms with E-state index >= 15 is 0 Å². The third-order valence-corrected chi connectivity index (χ3v) is 3.92. The SMILES string of the molecule is C/C=C/CCCCCCC(=O)N(C)CC[N+](C)(C)CCO. The predicted octanol–water partition coefficient (Wildman–Crippen LogP) is 2.43. The zero-order chi connectivity index (χ0) is 16.1. The summed E-state index contributed by atoms with van der Waals surface area (Å²) >= 11 is 0. The first-order chi connectivity index (χ1) is 9.93. The zero-order valence-electron chi connectivity index (χ0n) is 14.5. The first kappa shape index (κ1) is 20.1. The Morgan fingerprint density at radius 2 is 1.81 bits per heavy atom. The molecule has 0 aliphatic heterocycles. The fraction of sp³-hybridized carbons (Fsp3) is 0.824. The quantitative estimate of drug-likeness (QED) is 0.341. The average molecular weight is 299 g/mol. The standard InChI is InChI=1S/C17H35N2O2/c1-5-6-7-8-9-10-11-12-17(21)18(2)13-14-19(3,4)15-16-20/h5-6,20H,7-16H2,1-4H3/q+1/b6-5+. The van der Waals surface area contributed by atoms with E-state index < -0.39 is 0 Å². The fourth-order valence-corrected chi connectivity index (χ4v) is 2.18. The molecule has 0 saturated heterocycles. The van der Waals surface area contributed by atoms with Gasteiger partial charge in [-0.25, -0.2) is 0 Å². The number of unbranched alkanes of at least 4 members (excludes halogenated alkanes) is 4. The lowest BCUT2D eigenvalue weighted by atomic mass is 10.1. The number of carbonyl (C=O) groups excluding carboxylic acids is 1. The number of hydrogen-bond donors (Lipinski definition) is 1. The summed E-state index contributed by atoms with van der Waals surface area (Å²) in [6, 6.07) is 0. The molecule has 0 aromatic heterocycles. The van der Waals surface area contributed by atoms with Crippen LogP contribution in [0.1, 0.15) is 45.4 Å². The van der Waals surface area contributed by atoms with Crippen LogP contribution in [-0.2, 0) is 4.79 Å². The van der Waals surface area contributed by atoms with Gasteiger partial charge >= 0.3 is 0 Å². The second-order valence-corrected chi connectivity index (χ2v) is 6.44.